The van der Waals surface area contributed by atoms with E-state index in [1.807, 2.05) is 30.3 Å². The quantitative estimate of drug-likeness (QED) is 0.822. The number of hydrogen-bond donors (Lipinski definition) is 2. The first-order valence-electron chi connectivity index (χ1n) is 9.07. The average molecular weight is 334 g/mol. The lowest BCUT2D eigenvalue weighted by Gasteiger charge is -2.33. The molecular weight excluding hydrogens is 308 g/mol. The van der Waals surface area contributed by atoms with Gasteiger partial charge >= 0.3 is 0 Å². The molecule has 0 bridgehead atoms. The molecule has 0 radical (unpaired) electrons. The summed E-state index contributed by atoms with van der Waals surface area (Å²) < 4.78 is 0. The van der Waals surface area contributed by atoms with Crippen LogP contribution in [0.25, 0.3) is 0 Å². The lowest BCUT2D eigenvalue weighted by atomic mass is 9.73. The van der Waals surface area contributed by atoms with Crippen molar-refractivity contribution < 1.29 is 5.11 Å². The summed E-state index contributed by atoms with van der Waals surface area (Å²) in [5, 5.41) is 19.0. The maximum atomic E-state index is 9.57. The molecule has 3 N–H and O–H groups in total. The van der Waals surface area contributed by atoms with Gasteiger partial charge in [-0.05, 0) is 78.3 Å². The van der Waals surface area contributed by atoms with Crippen LogP contribution in [0.1, 0.15) is 54.4 Å². The van der Waals surface area contributed by atoms with Gasteiger partial charge in [0.2, 0.25) is 0 Å². The van der Waals surface area contributed by atoms with E-state index in [1.165, 1.54) is 5.56 Å². The molecule has 1 aliphatic rings. The predicted octanol–water partition coefficient (Wildman–Crippen LogP) is 4.24. The largest absolute Gasteiger partial charge is 0.399 e. The zero-order valence-corrected chi connectivity index (χ0v) is 14.8. The van der Waals surface area contributed by atoms with Crippen LogP contribution in [0.4, 0.5) is 5.69 Å². The lowest BCUT2D eigenvalue weighted by molar-refractivity contribution is 0.154. The topological polar surface area (TPSA) is 70.0 Å². The van der Waals surface area contributed by atoms with E-state index in [-0.39, 0.29) is 6.61 Å². The fourth-order valence-electron chi connectivity index (χ4n) is 4.15. The SMILES string of the molecule is CC1CC(CO)CC(c2ccc(C#N)c(Cc3ccc(N)cc3)c2)C1. The summed E-state index contributed by atoms with van der Waals surface area (Å²) in [6, 6.07) is 16.4. The van der Waals surface area contributed by atoms with Crippen molar-refractivity contribution in [2.45, 2.75) is 38.5 Å². The summed E-state index contributed by atoms with van der Waals surface area (Å²) in [4.78, 5) is 0. The van der Waals surface area contributed by atoms with Crippen molar-refractivity contribution in [2.24, 2.45) is 11.8 Å². The van der Waals surface area contributed by atoms with Crippen LogP contribution in [0.15, 0.2) is 42.5 Å². The number of nitriles is 1. The summed E-state index contributed by atoms with van der Waals surface area (Å²) in [6.45, 7) is 2.54. The monoisotopic (exact) mass is 334 g/mol. The van der Waals surface area contributed by atoms with Crippen LogP contribution >= 0.6 is 0 Å². The Labute approximate surface area is 150 Å². The molecule has 3 heteroatoms. The first kappa shape index (κ1) is 17.5. The number of nitrogens with two attached hydrogens (primary N) is 1. The minimum Gasteiger partial charge on any atom is -0.399 e. The zero-order chi connectivity index (χ0) is 17.8. The summed E-state index contributed by atoms with van der Waals surface area (Å²) >= 11 is 0. The molecule has 0 heterocycles. The molecule has 0 amide bonds. The van der Waals surface area contributed by atoms with Gasteiger partial charge in [-0.25, -0.2) is 0 Å². The fraction of sp³-hybridized carbons (Fsp3) is 0.409. The molecule has 3 nitrogen and oxygen atoms in total. The summed E-state index contributed by atoms with van der Waals surface area (Å²) in [6.07, 6.45) is 4.04. The van der Waals surface area contributed by atoms with Crippen molar-refractivity contribution in [1.29, 1.82) is 5.26 Å². The number of hydrogen-bond acceptors (Lipinski definition) is 3. The normalized spacial score (nSPS) is 23.2. The Morgan fingerprint density at radius 2 is 1.88 bits per heavy atom. The van der Waals surface area contributed by atoms with E-state index in [1.54, 1.807) is 0 Å². The highest BCUT2D eigenvalue weighted by Crippen LogP contribution is 2.39. The van der Waals surface area contributed by atoms with E-state index in [4.69, 9.17) is 5.73 Å². The first-order valence-corrected chi connectivity index (χ1v) is 9.07. The average Bonchev–Trinajstić information content (AvgIpc) is 2.63. The predicted molar refractivity (Wildman–Crippen MR) is 101 cm³/mol. The molecule has 1 saturated carbocycles. The highest BCUT2D eigenvalue weighted by molar-refractivity contribution is 5.46. The van der Waals surface area contributed by atoms with Crippen LogP contribution in [0.5, 0.6) is 0 Å². The number of anilines is 1. The van der Waals surface area contributed by atoms with Crippen molar-refractivity contribution in [1.82, 2.24) is 0 Å². The second-order valence-corrected chi connectivity index (χ2v) is 7.50. The fourth-order valence-corrected chi connectivity index (χ4v) is 4.15. The highest BCUT2D eigenvalue weighted by atomic mass is 16.3. The van der Waals surface area contributed by atoms with Gasteiger partial charge in [-0.15, -0.1) is 0 Å². The second kappa shape index (κ2) is 7.72. The summed E-state index contributed by atoms with van der Waals surface area (Å²) in [5.74, 6) is 1.50. The van der Waals surface area contributed by atoms with Crippen LogP contribution < -0.4 is 5.73 Å². The third-order valence-corrected chi connectivity index (χ3v) is 5.39. The van der Waals surface area contributed by atoms with Gasteiger partial charge in [0.1, 0.15) is 0 Å². The van der Waals surface area contributed by atoms with Gasteiger partial charge in [0, 0.05) is 12.3 Å². The lowest BCUT2D eigenvalue weighted by Crippen LogP contribution is -2.22. The molecule has 3 unspecified atom stereocenters. The Kier molecular flexibility index (Phi) is 5.40. The number of nitrogen functional groups attached to an aromatic ring is 1. The van der Waals surface area contributed by atoms with E-state index in [9.17, 15) is 10.4 Å². The van der Waals surface area contributed by atoms with Gasteiger partial charge in [0.15, 0.2) is 0 Å². The van der Waals surface area contributed by atoms with E-state index >= 15 is 0 Å². The van der Waals surface area contributed by atoms with Gasteiger partial charge in [-0.3, -0.25) is 0 Å². The van der Waals surface area contributed by atoms with Crippen molar-refractivity contribution >= 4 is 5.69 Å². The molecule has 3 atom stereocenters. The van der Waals surface area contributed by atoms with Gasteiger partial charge in [-0.2, -0.15) is 5.26 Å². The minimum absolute atomic E-state index is 0.273. The maximum absolute atomic E-state index is 9.57. The molecule has 1 aliphatic carbocycles. The van der Waals surface area contributed by atoms with E-state index in [0.717, 1.165) is 48.1 Å². The molecule has 3 rings (SSSR count). The van der Waals surface area contributed by atoms with Crippen molar-refractivity contribution in [3.8, 4) is 6.07 Å². The Morgan fingerprint density at radius 1 is 1.12 bits per heavy atom. The van der Waals surface area contributed by atoms with Crippen LogP contribution in [0.3, 0.4) is 0 Å². The van der Waals surface area contributed by atoms with E-state index in [0.29, 0.717) is 17.8 Å². The molecule has 25 heavy (non-hydrogen) atoms. The van der Waals surface area contributed by atoms with Gasteiger partial charge < -0.3 is 10.8 Å². The molecule has 0 spiro atoms. The van der Waals surface area contributed by atoms with E-state index in [2.05, 4.69) is 25.1 Å². The molecule has 2 aromatic rings. The third kappa shape index (κ3) is 4.21. The Hall–Kier alpha value is -2.31. The number of rotatable bonds is 4. The highest BCUT2D eigenvalue weighted by Gasteiger charge is 2.27. The maximum Gasteiger partial charge on any atom is 0.0994 e. The Balaban J connectivity index is 1.87. The van der Waals surface area contributed by atoms with Crippen LogP contribution in [0, 0.1) is 23.2 Å². The number of aliphatic hydroxyl groups is 1. The smallest absolute Gasteiger partial charge is 0.0994 e. The van der Waals surface area contributed by atoms with Crippen LogP contribution in [0.2, 0.25) is 0 Å². The van der Waals surface area contributed by atoms with Gasteiger partial charge in [-0.1, -0.05) is 31.2 Å². The molecule has 0 saturated heterocycles. The zero-order valence-electron chi connectivity index (χ0n) is 14.8. The number of benzene rings is 2. The molecule has 2 aromatic carbocycles. The number of aliphatic hydroxyl groups excluding tert-OH is 1. The van der Waals surface area contributed by atoms with Crippen molar-refractivity contribution in [3.63, 3.8) is 0 Å². The van der Waals surface area contributed by atoms with Crippen molar-refractivity contribution in [2.75, 3.05) is 12.3 Å². The summed E-state index contributed by atoms with van der Waals surface area (Å²) in [7, 11) is 0. The molecule has 0 aliphatic heterocycles. The molecule has 0 aromatic heterocycles. The molecule has 130 valence electrons. The van der Waals surface area contributed by atoms with Gasteiger partial charge in [0.05, 0.1) is 11.6 Å². The van der Waals surface area contributed by atoms with Crippen LogP contribution in [-0.2, 0) is 6.42 Å². The second-order valence-electron chi connectivity index (χ2n) is 7.50. The summed E-state index contributed by atoms with van der Waals surface area (Å²) in [5.41, 5.74) is 10.8. The van der Waals surface area contributed by atoms with Gasteiger partial charge in [0.25, 0.3) is 0 Å². The van der Waals surface area contributed by atoms with E-state index < -0.39 is 0 Å². The first-order chi connectivity index (χ1) is 12.1. The Morgan fingerprint density at radius 3 is 2.56 bits per heavy atom. The molecular formula is C22H26N2O. The standard InChI is InChI=1S/C22H26N2O/c1-15-8-17(14-25)11-20(9-15)18-4-5-19(13-23)21(12-18)10-16-2-6-22(24)7-3-16/h2-7,12,15,17,20,25H,8-11,14,24H2,1H3. The molecule has 1 fully saturated rings. The van der Waals surface area contributed by atoms with Crippen molar-refractivity contribution in [3.05, 3.63) is 64.7 Å². The van der Waals surface area contributed by atoms with Crippen LogP contribution in [-0.4, -0.2) is 11.7 Å². The minimum atomic E-state index is 0.273. The Bertz CT molecular complexity index is 761. The number of nitrogens with zero attached hydrogens (tertiary/aromatic N) is 1. The third-order valence-electron chi connectivity index (χ3n) is 5.39.